The minimum absolute atomic E-state index is 0.0975. The molecule has 1 heterocycles. The van der Waals surface area contributed by atoms with Crippen LogP contribution >= 0.6 is 0 Å². The van der Waals surface area contributed by atoms with Crippen LogP contribution in [0.1, 0.15) is 24.8 Å². The maximum absolute atomic E-state index is 12.0. The number of hydrogen-bond acceptors (Lipinski definition) is 4. The average Bonchev–Trinajstić information content (AvgIpc) is 2.94. The second-order valence-corrected chi connectivity index (χ2v) is 5.79. The van der Waals surface area contributed by atoms with Crippen LogP contribution < -0.4 is 20.5 Å². The van der Waals surface area contributed by atoms with Crippen LogP contribution in [0.15, 0.2) is 18.2 Å². The molecule has 1 aromatic rings. The van der Waals surface area contributed by atoms with Gasteiger partial charge in [-0.25, -0.2) is 0 Å². The van der Waals surface area contributed by atoms with Crippen molar-refractivity contribution in [2.45, 2.75) is 31.7 Å². The van der Waals surface area contributed by atoms with E-state index >= 15 is 0 Å². The van der Waals surface area contributed by atoms with Gasteiger partial charge in [0.1, 0.15) is 13.2 Å². The van der Waals surface area contributed by atoms with E-state index in [1.807, 2.05) is 18.2 Å². The topological polar surface area (TPSA) is 73.6 Å². The van der Waals surface area contributed by atoms with Crippen molar-refractivity contribution >= 4 is 5.91 Å². The average molecular weight is 290 g/mol. The molecule has 5 nitrogen and oxygen atoms in total. The van der Waals surface area contributed by atoms with Crippen molar-refractivity contribution in [3.05, 3.63) is 23.8 Å². The summed E-state index contributed by atoms with van der Waals surface area (Å²) in [5, 5.41) is 3.01. The molecule has 2 atom stereocenters. The number of benzene rings is 1. The van der Waals surface area contributed by atoms with Gasteiger partial charge >= 0.3 is 0 Å². The summed E-state index contributed by atoms with van der Waals surface area (Å²) in [4.78, 5) is 12.0. The Balaban J connectivity index is 1.48. The molecule has 0 saturated heterocycles. The van der Waals surface area contributed by atoms with Gasteiger partial charge in [-0.3, -0.25) is 4.79 Å². The van der Waals surface area contributed by atoms with Crippen LogP contribution in [0, 0.1) is 5.92 Å². The van der Waals surface area contributed by atoms with E-state index in [2.05, 4.69) is 5.32 Å². The number of hydrogen-bond donors (Lipinski definition) is 2. The number of carbonyl (C=O) groups excluding carboxylic acids is 1. The smallest absolute Gasteiger partial charge is 0.223 e. The molecule has 114 valence electrons. The zero-order valence-electron chi connectivity index (χ0n) is 12.1. The Hall–Kier alpha value is -1.75. The standard InChI is InChI=1S/C16H22N2O3/c17-13-3-2-12(10-13)16(19)18-6-5-11-1-4-14-15(9-11)21-8-7-20-14/h1,4,9,12-13H,2-3,5-8,10,17H2,(H,18,19). The number of amides is 1. The fourth-order valence-electron chi connectivity index (χ4n) is 2.97. The summed E-state index contributed by atoms with van der Waals surface area (Å²) in [5.41, 5.74) is 6.98. The monoisotopic (exact) mass is 290 g/mol. The van der Waals surface area contributed by atoms with Crippen molar-refractivity contribution in [2.24, 2.45) is 11.7 Å². The van der Waals surface area contributed by atoms with Crippen LogP contribution in [0.3, 0.4) is 0 Å². The van der Waals surface area contributed by atoms with Crippen molar-refractivity contribution in [2.75, 3.05) is 19.8 Å². The first-order valence-corrected chi connectivity index (χ1v) is 7.64. The van der Waals surface area contributed by atoms with Crippen LogP contribution in [0.5, 0.6) is 11.5 Å². The van der Waals surface area contributed by atoms with Crippen molar-refractivity contribution in [1.29, 1.82) is 0 Å². The fraction of sp³-hybridized carbons (Fsp3) is 0.562. The van der Waals surface area contributed by atoms with Crippen molar-refractivity contribution in [3.8, 4) is 11.5 Å². The molecule has 1 aliphatic heterocycles. The number of nitrogens with two attached hydrogens (primary N) is 1. The zero-order chi connectivity index (χ0) is 14.7. The van der Waals surface area contributed by atoms with Gasteiger partial charge in [0.25, 0.3) is 0 Å². The van der Waals surface area contributed by atoms with Gasteiger partial charge in [-0.2, -0.15) is 0 Å². The normalized spacial score (nSPS) is 23.9. The molecule has 1 aromatic carbocycles. The highest BCUT2D eigenvalue weighted by Gasteiger charge is 2.27. The van der Waals surface area contributed by atoms with Gasteiger partial charge in [-0.15, -0.1) is 0 Å². The van der Waals surface area contributed by atoms with Gasteiger partial charge in [-0.1, -0.05) is 6.07 Å². The summed E-state index contributed by atoms with van der Waals surface area (Å²) >= 11 is 0. The lowest BCUT2D eigenvalue weighted by Crippen LogP contribution is -2.31. The third kappa shape index (κ3) is 3.47. The molecule has 2 aliphatic rings. The first-order chi connectivity index (χ1) is 10.2. The molecule has 0 bridgehead atoms. The van der Waals surface area contributed by atoms with Gasteiger partial charge in [0.15, 0.2) is 11.5 Å². The van der Waals surface area contributed by atoms with Gasteiger partial charge < -0.3 is 20.5 Å². The zero-order valence-corrected chi connectivity index (χ0v) is 12.1. The highest BCUT2D eigenvalue weighted by Crippen LogP contribution is 2.30. The molecule has 0 aromatic heterocycles. The quantitative estimate of drug-likeness (QED) is 0.875. The third-order valence-electron chi connectivity index (χ3n) is 4.16. The highest BCUT2D eigenvalue weighted by molar-refractivity contribution is 5.79. The predicted octanol–water partition coefficient (Wildman–Crippen LogP) is 1.24. The van der Waals surface area contributed by atoms with Gasteiger partial charge in [-0.05, 0) is 43.4 Å². The second-order valence-electron chi connectivity index (χ2n) is 5.79. The van der Waals surface area contributed by atoms with E-state index in [4.69, 9.17) is 15.2 Å². The lowest BCUT2D eigenvalue weighted by Gasteiger charge is -2.19. The van der Waals surface area contributed by atoms with E-state index < -0.39 is 0 Å². The Labute approximate surface area is 124 Å². The largest absolute Gasteiger partial charge is 0.486 e. The molecule has 1 fully saturated rings. The Bertz CT molecular complexity index is 518. The van der Waals surface area contributed by atoms with Crippen molar-refractivity contribution < 1.29 is 14.3 Å². The van der Waals surface area contributed by atoms with E-state index in [1.54, 1.807) is 0 Å². The summed E-state index contributed by atoms with van der Waals surface area (Å²) in [5.74, 6) is 1.83. The molecular formula is C16H22N2O3. The molecule has 2 unspecified atom stereocenters. The minimum Gasteiger partial charge on any atom is -0.486 e. The van der Waals surface area contributed by atoms with E-state index in [0.717, 1.165) is 42.7 Å². The molecule has 21 heavy (non-hydrogen) atoms. The number of rotatable bonds is 4. The van der Waals surface area contributed by atoms with E-state index in [9.17, 15) is 4.79 Å². The van der Waals surface area contributed by atoms with Gasteiger partial charge in [0.05, 0.1) is 0 Å². The van der Waals surface area contributed by atoms with E-state index in [1.165, 1.54) is 0 Å². The Kier molecular flexibility index (Phi) is 4.29. The molecule has 1 aliphatic carbocycles. The third-order valence-corrected chi connectivity index (χ3v) is 4.16. The fourth-order valence-corrected chi connectivity index (χ4v) is 2.97. The molecule has 0 spiro atoms. The Morgan fingerprint density at radius 1 is 1.24 bits per heavy atom. The predicted molar refractivity (Wildman–Crippen MR) is 79.5 cm³/mol. The summed E-state index contributed by atoms with van der Waals surface area (Å²) in [6.45, 7) is 1.84. The maximum atomic E-state index is 12.0. The summed E-state index contributed by atoms with van der Waals surface area (Å²) in [6.07, 6.45) is 3.48. The molecule has 1 saturated carbocycles. The van der Waals surface area contributed by atoms with Crippen LogP contribution in [0.25, 0.3) is 0 Å². The Morgan fingerprint density at radius 3 is 2.81 bits per heavy atom. The summed E-state index contributed by atoms with van der Waals surface area (Å²) in [6, 6.07) is 6.14. The number of ether oxygens (including phenoxy) is 2. The van der Waals surface area contributed by atoms with Gasteiger partial charge in [0.2, 0.25) is 5.91 Å². The maximum Gasteiger partial charge on any atom is 0.223 e. The van der Waals surface area contributed by atoms with Crippen LogP contribution in [-0.2, 0) is 11.2 Å². The minimum atomic E-state index is 0.0975. The lowest BCUT2D eigenvalue weighted by molar-refractivity contribution is -0.124. The van der Waals surface area contributed by atoms with Crippen molar-refractivity contribution in [3.63, 3.8) is 0 Å². The highest BCUT2D eigenvalue weighted by atomic mass is 16.6. The molecule has 1 amide bonds. The molecule has 3 rings (SSSR count). The molecular weight excluding hydrogens is 268 g/mol. The summed E-state index contributed by atoms with van der Waals surface area (Å²) < 4.78 is 11.1. The lowest BCUT2D eigenvalue weighted by atomic mass is 10.1. The van der Waals surface area contributed by atoms with Crippen LogP contribution in [0.2, 0.25) is 0 Å². The first kappa shape index (κ1) is 14.2. The number of fused-ring (bicyclic) bond motifs is 1. The van der Waals surface area contributed by atoms with Gasteiger partial charge in [0, 0.05) is 18.5 Å². The van der Waals surface area contributed by atoms with Crippen LogP contribution in [0.4, 0.5) is 0 Å². The van der Waals surface area contributed by atoms with Crippen LogP contribution in [-0.4, -0.2) is 31.7 Å². The molecule has 5 heteroatoms. The number of carbonyl (C=O) groups is 1. The summed E-state index contributed by atoms with van der Waals surface area (Å²) in [7, 11) is 0. The SMILES string of the molecule is NC1CCC(C(=O)NCCc2ccc3c(c2)OCCO3)C1. The Morgan fingerprint density at radius 2 is 2.05 bits per heavy atom. The van der Waals surface area contributed by atoms with Crippen molar-refractivity contribution in [1.82, 2.24) is 5.32 Å². The number of nitrogens with one attached hydrogen (secondary N) is 1. The second kappa shape index (κ2) is 6.35. The first-order valence-electron chi connectivity index (χ1n) is 7.64. The van der Waals surface area contributed by atoms with E-state index in [0.29, 0.717) is 19.8 Å². The van der Waals surface area contributed by atoms with E-state index in [-0.39, 0.29) is 17.9 Å². The molecule has 3 N–H and O–H groups in total. The molecule has 0 radical (unpaired) electrons.